The van der Waals surface area contributed by atoms with Crippen molar-refractivity contribution in [3.8, 4) is 0 Å². The van der Waals surface area contributed by atoms with Crippen LogP contribution in [0, 0.1) is 6.92 Å². The highest BCUT2D eigenvalue weighted by atomic mass is 32.2. The molecule has 2 aromatic heterocycles. The Labute approximate surface area is 216 Å². The third kappa shape index (κ3) is 5.67. The van der Waals surface area contributed by atoms with E-state index in [9.17, 15) is 13.5 Å². The van der Waals surface area contributed by atoms with E-state index in [-0.39, 0.29) is 17.0 Å². The summed E-state index contributed by atoms with van der Waals surface area (Å²) < 4.78 is 30.3. The highest BCUT2D eigenvalue weighted by Gasteiger charge is 2.21. The second-order valence-electron chi connectivity index (χ2n) is 9.37. The first-order valence-corrected chi connectivity index (χ1v) is 13.9. The summed E-state index contributed by atoms with van der Waals surface area (Å²) in [6.07, 6.45) is 4.71. The molecule has 1 aliphatic rings. The van der Waals surface area contributed by atoms with Crippen LogP contribution in [0.15, 0.2) is 59.8 Å². The predicted molar refractivity (Wildman–Crippen MR) is 145 cm³/mol. The molecule has 37 heavy (non-hydrogen) atoms. The number of nitrogens with one attached hydrogen (secondary N) is 3. The standard InChI is InChI=1S/C26H31N7O3S/c1-3-33-16-27-23-24(30-26(31-25(23)33)29-19-7-11-21(34)12-8-19)28-18-9-13-22(14-10-18)37(35,36)32-20-6-4-5-17(2)15-20/h4-6,9-10,13-16,19,21,32,34H,3,7-8,11-12H2,1-2H3,(H2,28,29,30,31)/t19-,21-. The molecule has 1 saturated carbocycles. The largest absolute Gasteiger partial charge is 0.393 e. The molecule has 0 amide bonds. The van der Waals surface area contributed by atoms with Crippen molar-refractivity contribution < 1.29 is 13.5 Å². The van der Waals surface area contributed by atoms with E-state index in [2.05, 4.69) is 25.3 Å². The van der Waals surface area contributed by atoms with Crippen molar-refractivity contribution in [2.45, 2.75) is 63.1 Å². The molecular formula is C26H31N7O3S. The number of hydrogen-bond donors (Lipinski definition) is 4. The number of aliphatic hydroxyl groups is 1. The van der Waals surface area contributed by atoms with Gasteiger partial charge in [0.25, 0.3) is 10.0 Å². The number of fused-ring (bicyclic) bond motifs is 1. The van der Waals surface area contributed by atoms with Gasteiger partial charge in [-0.1, -0.05) is 12.1 Å². The quantitative estimate of drug-likeness (QED) is 0.268. The lowest BCUT2D eigenvalue weighted by Crippen LogP contribution is -2.29. The molecule has 1 fully saturated rings. The van der Waals surface area contributed by atoms with Crippen molar-refractivity contribution in [1.82, 2.24) is 19.5 Å². The van der Waals surface area contributed by atoms with Gasteiger partial charge in [0, 0.05) is 24.0 Å². The maximum atomic E-state index is 12.9. The van der Waals surface area contributed by atoms with Gasteiger partial charge in [0.15, 0.2) is 17.0 Å². The second kappa shape index (κ2) is 10.3. The summed E-state index contributed by atoms with van der Waals surface area (Å²) in [6, 6.07) is 13.9. The maximum absolute atomic E-state index is 12.9. The van der Waals surface area contributed by atoms with Crippen molar-refractivity contribution >= 4 is 44.3 Å². The van der Waals surface area contributed by atoms with Crippen molar-refractivity contribution in [3.63, 3.8) is 0 Å². The Morgan fingerprint density at radius 2 is 1.78 bits per heavy atom. The van der Waals surface area contributed by atoms with Crippen LogP contribution in [-0.2, 0) is 16.6 Å². The Morgan fingerprint density at radius 1 is 1.03 bits per heavy atom. The van der Waals surface area contributed by atoms with E-state index in [0.29, 0.717) is 40.8 Å². The minimum atomic E-state index is -3.73. The Kier molecular flexibility index (Phi) is 6.98. The monoisotopic (exact) mass is 521 g/mol. The summed E-state index contributed by atoms with van der Waals surface area (Å²) in [5.41, 5.74) is 3.50. The molecule has 194 valence electrons. The molecule has 2 heterocycles. The molecule has 0 saturated heterocycles. The van der Waals surface area contributed by atoms with E-state index in [0.717, 1.165) is 31.2 Å². The van der Waals surface area contributed by atoms with Crippen LogP contribution in [0.1, 0.15) is 38.2 Å². The fraction of sp³-hybridized carbons (Fsp3) is 0.346. The predicted octanol–water partition coefficient (Wildman–Crippen LogP) is 4.41. The SMILES string of the molecule is CCn1cnc2c(Nc3ccc(S(=O)(=O)Nc4cccc(C)c4)cc3)nc(N[C@H]3CC[C@H](O)CC3)nc21. The van der Waals surface area contributed by atoms with Gasteiger partial charge >= 0.3 is 0 Å². The number of anilines is 4. The van der Waals surface area contributed by atoms with Gasteiger partial charge in [0.05, 0.1) is 17.3 Å². The molecule has 1 aliphatic carbocycles. The third-order valence-electron chi connectivity index (χ3n) is 6.53. The number of rotatable bonds is 8. The molecule has 4 aromatic rings. The lowest BCUT2D eigenvalue weighted by molar-refractivity contribution is 0.126. The molecule has 0 bridgehead atoms. The highest BCUT2D eigenvalue weighted by molar-refractivity contribution is 7.92. The number of benzene rings is 2. The van der Waals surface area contributed by atoms with Gasteiger partial charge in [0.1, 0.15) is 0 Å². The number of aryl methyl sites for hydroxylation is 2. The number of aliphatic hydroxyl groups excluding tert-OH is 1. The van der Waals surface area contributed by atoms with Crippen molar-refractivity contribution in [3.05, 3.63) is 60.4 Å². The Balaban J connectivity index is 1.38. The van der Waals surface area contributed by atoms with Gasteiger partial charge in [-0.2, -0.15) is 9.97 Å². The minimum Gasteiger partial charge on any atom is -0.393 e. The molecule has 2 aromatic carbocycles. The number of hydrogen-bond acceptors (Lipinski definition) is 8. The smallest absolute Gasteiger partial charge is 0.261 e. The van der Waals surface area contributed by atoms with Crippen LogP contribution in [0.3, 0.4) is 0 Å². The van der Waals surface area contributed by atoms with Crippen LogP contribution in [0.25, 0.3) is 11.2 Å². The van der Waals surface area contributed by atoms with E-state index in [1.807, 2.05) is 30.5 Å². The topological polar surface area (TPSA) is 134 Å². The van der Waals surface area contributed by atoms with Gasteiger partial charge in [0.2, 0.25) is 5.95 Å². The van der Waals surface area contributed by atoms with Gasteiger partial charge in [-0.05, 0) is 81.5 Å². The van der Waals surface area contributed by atoms with Gasteiger partial charge < -0.3 is 20.3 Å². The van der Waals surface area contributed by atoms with E-state index >= 15 is 0 Å². The molecule has 0 aliphatic heterocycles. The van der Waals surface area contributed by atoms with Gasteiger partial charge in [-0.25, -0.2) is 13.4 Å². The van der Waals surface area contributed by atoms with Gasteiger partial charge in [-0.3, -0.25) is 4.72 Å². The summed E-state index contributed by atoms with van der Waals surface area (Å²) in [5.74, 6) is 1.03. The zero-order valence-corrected chi connectivity index (χ0v) is 21.7. The number of aromatic nitrogens is 4. The zero-order chi connectivity index (χ0) is 26.0. The van der Waals surface area contributed by atoms with Crippen LogP contribution >= 0.6 is 0 Å². The first kappa shape index (κ1) is 25.0. The van der Waals surface area contributed by atoms with Crippen LogP contribution < -0.4 is 15.4 Å². The minimum absolute atomic E-state index is 0.157. The number of sulfonamides is 1. The summed E-state index contributed by atoms with van der Waals surface area (Å²) in [6.45, 7) is 4.64. The second-order valence-corrected chi connectivity index (χ2v) is 11.1. The summed E-state index contributed by atoms with van der Waals surface area (Å²) in [4.78, 5) is 14.1. The van der Waals surface area contributed by atoms with E-state index in [4.69, 9.17) is 4.98 Å². The average molecular weight is 522 g/mol. The molecular weight excluding hydrogens is 490 g/mol. The van der Waals surface area contributed by atoms with Crippen molar-refractivity contribution in [1.29, 1.82) is 0 Å². The molecule has 0 unspecified atom stereocenters. The summed E-state index contributed by atoms with van der Waals surface area (Å²) in [5, 5.41) is 16.5. The average Bonchev–Trinajstić information content (AvgIpc) is 3.29. The van der Waals surface area contributed by atoms with Crippen molar-refractivity contribution in [2.75, 3.05) is 15.4 Å². The maximum Gasteiger partial charge on any atom is 0.261 e. The molecule has 0 atom stereocenters. The first-order chi connectivity index (χ1) is 17.8. The normalized spacial score (nSPS) is 18.0. The lowest BCUT2D eigenvalue weighted by atomic mass is 9.93. The van der Waals surface area contributed by atoms with Crippen LogP contribution in [0.5, 0.6) is 0 Å². The fourth-order valence-electron chi connectivity index (χ4n) is 4.51. The summed E-state index contributed by atoms with van der Waals surface area (Å²) >= 11 is 0. The molecule has 11 heteroatoms. The zero-order valence-electron chi connectivity index (χ0n) is 20.8. The third-order valence-corrected chi connectivity index (χ3v) is 7.93. The lowest BCUT2D eigenvalue weighted by Gasteiger charge is -2.26. The number of imidazole rings is 1. The van der Waals surface area contributed by atoms with E-state index in [1.54, 1.807) is 42.7 Å². The Morgan fingerprint density at radius 3 is 2.49 bits per heavy atom. The fourth-order valence-corrected chi connectivity index (χ4v) is 5.56. The summed E-state index contributed by atoms with van der Waals surface area (Å²) in [7, 11) is -3.73. The van der Waals surface area contributed by atoms with E-state index in [1.165, 1.54) is 0 Å². The van der Waals surface area contributed by atoms with Gasteiger partial charge in [-0.15, -0.1) is 0 Å². The molecule has 0 spiro atoms. The molecule has 4 N–H and O–H groups in total. The van der Waals surface area contributed by atoms with Crippen molar-refractivity contribution in [2.24, 2.45) is 0 Å². The highest BCUT2D eigenvalue weighted by Crippen LogP contribution is 2.27. The van der Waals surface area contributed by atoms with Crippen LogP contribution in [0.2, 0.25) is 0 Å². The van der Waals surface area contributed by atoms with E-state index < -0.39 is 10.0 Å². The molecule has 0 radical (unpaired) electrons. The van der Waals surface area contributed by atoms with Crippen LogP contribution in [0.4, 0.5) is 23.1 Å². The van der Waals surface area contributed by atoms with Crippen LogP contribution in [-0.4, -0.2) is 45.2 Å². The Hall–Kier alpha value is -3.70. The Bertz CT molecular complexity index is 1490. The molecule has 10 nitrogen and oxygen atoms in total. The first-order valence-electron chi connectivity index (χ1n) is 12.4. The number of nitrogens with zero attached hydrogens (tertiary/aromatic N) is 4. The molecule has 5 rings (SSSR count).